The topological polar surface area (TPSA) is 69.9 Å². The number of carbonyl (C=O) groups is 2. The number of hydrogen-bond donors (Lipinski definition) is 1. The van der Waals surface area contributed by atoms with Crippen LogP contribution in [0.4, 0.5) is 0 Å². The number of hydrogen-bond acceptors (Lipinski definition) is 3. The molecule has 8 heteroatoms. The van der Waals surface area contributed by atoms with Crippen LogP contribution in [0.2, 0.25) is 0 Å². The van der Waals surface area contributed by atoms with Crippen LogP contribution in [0.3, 0.4) is 0 Å². The van der Waals surface area contributed by atoms with E-state index in [1.807, 2.05) is 29.8 Å². The second-order valence-electron chi connectivity index (χ2n) is 6.40. The third kappa shape index (κ3) is 3.90. The highest BCUT2D eigenvalue weighted by molar-refractivity contribution is 9.10. The number of halogens is 1. The van der Waals surface area contributed by atoms with Crippen LogP contribution in [0.5, 0.6) is 0 Å². The van der Waals surface area contributed by atoms with E-state index < -0.39 is 0 Å². The van der Waals surface area contributed by atoms with Gasteiger partial charge in [-0.1, -0.05) is 12.1 Å². The maximum atomic E-state index is 12.4. The fourth-order valence-electron chi connectivity index (χ4n) is 3.15. The van der Waals surface area contributed by atoms with E-state index >= 15 is 0 Å². The van der Waals surface area contributed by atoms with Crippen molar-refractivity contribution in [1.82, 2.24) is 19.7 Å². The Morgan fingerprint density at radius 3 is 2.37 bits per heavy atom. The Kier molecular flexibility index (Phi) is 5.65. The summed E-state index contributed by atoms with van der Waals surface area (Å²) >= 11 is 3.48. The Morgan fingerprint density at radius 2 is 1.85 bits per heavy atom. The van der Waals surface area contributed by atoms with Gasteiger partial charge in [0, 0.05) is 50.6 Å². The number of guanidine groups is 1. The molecular weight excluding hydrogens is 410 g/mol. The van der Waals surface area contributed by atoms with Gasteiger partial charge in [0.1, 0.15) is 0 Å². The van der Waals surface area contributed by atoms with Crippen molar-refractivity contribution in [3.8, 4) is 0 Å². The van der Waals surface area contributed by atoms with Gasteiger partial charge in [-0.25, -0.2) is 0 Å². The monoisotopic (exact) mass is 431 g/mol. The molecule has 2 amide bonds. The molecule has 0 radical (unpaired) electrons. The van der Waals surface area contributed by atoms with Crippen LogP contribution in [0.15, 0.2) is 46.0 Å². The molecule has 1 aromatic carbocycles. The Labute approximate surface area is 166 Å². The Bertz CT molecular complexity index is 870. The third-order valence-corrected chi connectivity index (χ3v) is 4.98. The molecule has 0 saturated heterocycles. The molecule has 0 unspecified atom stereocenters. The molecule has 0 fully saturated rings. The molecular formula is C19H22BrN5O2. The van der Waals surface area contributed by atoms with Gasteiger partial charge in [-0.15, -0.1) is 0 Å². The molecule has 1 N–H and O–H groups in total. The molecule has 2 aromatic rings. The lowest BCUT2D eigenvalue weighted by atomic mass is 10.1. The number of imide groups is 1. The van der Waals surface area contributed by atoms with Crippen LogP contribution in [0.1, 0.15) is 26.4 Å². The SMILES string of the molecule is CN=C(NCCN1C(=O)c2ccccc2C1=O)N(C)Cc1cc(Br)cn1C. The average molecular weight is 432 g/mol. The van der Waals surface area contributed by atoms with E-state index in [1.165, 1.54) is 4.90 Å². The van der Waals surface area contributed by atoms with E-state index in [0.717, 1.165) is 10.2 Å². The van der Waals surface area contributed by atoms with E-state index in [9.17, 15) is 9.59 Å². The fraction of sp³-hybridized carbons (Fsp3) is 0.316. The number of aliphatic imine (C=N–C) groups is 1. The second kappa shape index (κ2) is 7.96. The number of aryl methyl sites for hydroxylation is 1. The number of rotatable bonds is 5. The molecule has 1 aromatic heterocycles. The number of fused-ring (bicyclic) bond motifs is 1. The van der Waals surface area contributed by atoms with Crippen LogP contribution < -0.4 is 5.32 Å². The van der Waals surface area contributed by atoms with E-state index in [0.29, 0.717) is 30.2 Å². The van der Waals surface area contributed by atoms with Crippen molar-refractivity contribution in [3.05, 3.63) is 57.8 Å². The maximum Gasteiger partial charge on any atom is 0.261 e. The van der Waals surface area contributed by atoms with Gasteiger partial charge in [0.2, 0.25) is 0 Å². The maximum absolute atomic E-state index is 12.4. The molecule has 0 spiro atoms. The largest absolute Gasteiger partial charge is 0.354 e. The first-order valence-electron chi connectivity index (χ1n) is 8.60. The van der Waals surface area contributed by atoms with Gasteiger partial charge in [0.15, 0.2) is 5.96 Å². The van der Waals surface area contributed by atoms with Crippen molar-refractivity contribution in [2.45, 2.75) is 6.54 Å². The Hall–Kier alpha value is -2.61. The number of nitrogens with zero attached hydrogens (tertiary/aromatic N) is 4. The number of nitrogens with one attached hydrogen (secondary N) is 1. The predicted molar refractivity (Wildman–Crippen MR) is 108 cm³/mol. The first-order chi connectivity index (χ1) is 12.9. The fourth-order valence-corrected chi connectivity index (χ4v) is 3.72. The first-order valence-corrected chi connectivity index (χ1v) is 9.39. The highest BCUT2D eigenvalue weighted by atomic mass is 79.9. The van der Waals surface area contributed by atoms with Crippen molar-refractivity contribution in [3.63, 3.8) is 0 Å². The Morgan fingerprint density at radius 1 is 1.22 bits per heavy atom. The number of aromatic nitrogens is 1. The highest BCUT2D eigenvalue weighted by Crippen LogP contribution is 2.21. The molecule has 0 bridgehead atoms. The van der Waals surface area contributed by atoms with Crippen molar-refractivity contribution in [1.29, 1.82) is 0 Å². The van der Waals surface area contributed by atoms with Crippen LogP contribution in [-0.2, 0) is 13.6 Å². The second-order valence-corrected chi connectivity index (χ2v) is 7.31. The molecule has 7 nitrogen and oxygen atoms in total. The van der Waals surface area contributed by atoms with E-state index in [1.54, 1.807) is 31.3 Å². The highest BCUT2D eigenvalue weighted by Gasteiger charge is 2.34. The van der Waals surface area contributed by atoms with Gasteiger partial charge in [-0.3, -0.25) is 19.5 Å². The lowest BCUT2D eigenvalue weighted by Crippen LogP contribution is -2.43. The van der Waals surface area contributed by atoms with Gasteiger partial charge < -0.3 is 14.8 Å². The summed E-state index contributed by atoms with van der Waals surface area (Å²) in [4.78, 5) is 32.3. The van der Waals surface area contributed by atoms with E-state index in [-0.39, 0.29) is 18.4 Å². The minimum Gasteiger partial charge on any atom is -0.354 e. The molecule has 1 aliphatic rings. The van der Waals surface area contributed by atoms with Gasteiger partial charge in [-0.2, -0.15) is 0 Å². The minimum atomic E-state index is -0.241. The van der Waals surface area contributed by atoms with Gasteiger partial charge in [-0.05, 0) is 34.1 Å². The molecule has 0 atom stereocenters. The lowest BCUT2D eigenvalue weighted by Gasteiger charge is -2.23. The average Bonchev–Trinajstić information content (AvgIpc) is 3.09. The zero-order chi connectivity index (χ0) is 19.6. The summed E-state index contributed by atoms with van der Waals surface area (Å²) in [6, 6.07) is 8.97. The quantitative estimate of drug-likeness (QED) is 0.447. The molecule has 3 rings (SSSR count). The smallest absolute Gasteiger partial charge is 0.261 e. The van der Waals surface area contributed by atoms with Crippen LogP contribution >= 0.6 is 15.9 Å². The predicted octanol–water partition coefficient (Wildman–Crippen LogP) is 2.09. The number of amides is 2. The van der Waals surface area contributed by atoms with Gasteiger partial charge in [0.25, 0.3) is 11.8 Å². The molecule has 27 heavy (non-hydrogen) atoms. The van der Waals surface area contributed by atoms with E-state index in [4.69, 9.17) is 0 Å². The third-order valence-electron chi connectivity index (χ3n) is 4.54. The normalized spacial score (nSPS) is 13.9. The zero-order valence-electron chi connectivity index (χ0n) is 15.6. The summed E-state index contributed by atoms with van der Waals surface area (Å²) in [5.41, 5.74) is 2.07. The van der Waals surface area contributed by atoms with Crippen molar-refractivity contribution in [2.75, 3.05) is 27.2 Å². The standard InChI is InChI=1S/C19H22BrN5O2/c1-21-19(24(3)12-14-10-13(20)11-23(14)2)22-8-9-25-17(26)15-6-4-5-7-16(15)18(25)27/h4-7,10-11H,8-9,12H2,1-3H3,(H,21,22). The van der Waals surface area contributed by atoms with E-state index in [2.05, 4.69) is 32.3 Å². The first kappa shape index (κ1) is 19.2. The summed E-state index contributed by atoms with van der Waals surface area (Å²) in [7, 11) is 5.65. The lowest BCUT2D eigenvalue weighted by molar-refractivity contribution is 0.0657. The Balaban J connectivity index is 1.57. The van der Waals surface area contributed by atoms with Crippen LogP contribution in [0, 0.1) is 0 Å². The molecule has 0 aliphatic carbocycles. The van der Waals surface area contributed by atoms with Crippen molar-refractivity contribution < 1.29 is 9.59 Å². The van der Waals surface area contributed by atoms with Gasteiger partial charge >= 0.3 is 0 Å². The van der Waals surface area contributed by atoms with Crippen molar-refractivity contribution in [2.24, 2.45) is 12.0 Å². The minimum absolute atomic E-state index is 0.241. The molecule has 1 aliphatic heterocycles. The molecule has 142 valence electrons. The van der Waals surface area contributed by atoms with Crippen LogP contribution in [0.25, 0.3) is 0 Å². The summed E-state index contributed by atoms with van der Waals surface area (Å²) in [6.45, 7) is 1.39. The summed E-state index contributed by atoms with van der Waals surface area (Å²) in [6.07, 6.45) is 2.00. The van der Waals surface area contributed by atoms with Gasteiger partial charge in [0.05, 0.1) is 17.7 Å². The molecule has 2 heterocycles. The number of benzene rings is 1. The summed E-state index contributed by atoms with van der Waals surface area (Å²) in [5.74, 6) is 0.215. The zero-order valence-corrected chi connectivity index (χ0v) is 17.2. The summed E-state index contributed by atoms with van der Waals surface area (Å²) in [5, 5.41) is 3.22. The molecule has 0 saturated carbocycles. The summed E-state index contributed by atoms with van der Waals surface area (Å²) < 4.78 is 3.08. The van der Waals surface area contributed by atoms with Crippen molar-refractivity contribution >= 4 is 33.7 Å². The number of carbonyl (C=O) groups excluding carboxylic acids is 2. The van der Waals surface area contributed by atoms with Crippen LogP contribution in [-0.4, -0.2) is 59.3 Å².